The van der Waals surface area contributed by atoms with Crippen molar-refractivity contribution in [3.05, 3.63) is 16.5 Å². The van der Waals surface area contributed by atoms with Gasteiger partial charge in [-0.2, -0.15) is 4.31 Å². The number of thiophene rings is 1. The van der Waals surface area contributed by atoms with E-state index in [0.29, 0.717) is 17.3 Å². The van der Waals surface area contributed by atoms with Crippen LogP contribution in [0.15, 0.2) is 10.3 Å². The Morgan fingerprint density at radius 3 is 2.22 bits per heavy atom. The van der Waals surface area contributed by atoms with Gasteiger partial charge in [0.1, 0.15) is 4.21 Å². The van der Waals surface area contributed by atoms with Crippen LogP contribution in [0.3, 0.4) is 0 Å². The molecule has 1 aromatic heterocycles. The second-order valence-corrected chi connectivity index (χ2v) is 7.54. The van der Waals surface area contributed by atoms with Gasteiger partial charge in [-0.1, -0.05) is 13.8 Å². The summed E-state index contributed by atoms with van der Waals surface area (Å²) in [5.41, 5.74) is 0.842. The molecule has 0 aliphatic carbocycles. The summed E-state index contributed by atoms with van der Waals surface area (Å²) in [5, 5.41) is 9.14. The van der Waals surface area contributed by atoms with Gasteiger partial charge >= 0.3 is 0 Å². The lowest BCUT2D eigenvalue weighted by atomic mass is 10.3. The normalized spacial score (nSPS) is 12.3. The van der Waals surface area contributed by atoms with Crippen molar-refractivity contribution in [3.63, 3.8) is 0 Å². The molecule has 1 rings (SSSR count). The van der Waals surface area contributed by atoms with Crippen molar-refractivity contribution in [3.8, 4) is 0 Å². The average Bonchev–Trinajstić information content (AvgIpc) is 2.71. The van der Waals surface area contributed by atoms with E-state index < -0.39 is 10.0 Å². The molecule has 0 spiro atoms. The number of hydrogen-bond donors (Lipinski definition) is 1. The number of aryl methyl sites for hydroxylation is 1. The fourth-order valence-corrected chi connectivity index (χ4v) is 4.98. The van der Waals surface area contributed by atoms with Crippen LogP contribution in [0.2, 0.25) is 0 Å². The minimum absolute atomic E-state index is 0.104. The van der Waals surface area contributed by atoms with Gasteiger partial charge in [-0.3, -0.25) is 0 Å². The largest absolute Gasteiger partial charge is 0.391 e. The number of aliphatic hydroxyl groups is 1. The molecule has 0 bridgehead atoms. The Bertz CT molecular complexity index is 474. The van der Waals surface area contributed by atoms with Gasteiger partial charge in [0.2, 0.25) is 0 Å². The van der Waals surface area contributed by atoms with E-state index in [1.807, 2.05) is 20.8 Å². The lowest BCUT2D eigenvalue weighted by Crippen LogP contribution is -2.32. The van der Waals surface area contributed by atoms with Crippen molar-refractivity contribution in [1.29, 1.82) is 0 Å². The maximum atomic E-state index is 12.4. The van der Waals surface area contributed by atoms with Gasteiger partial charge in [0, 0.05) is 18.0 Å². The first-order valence-electron chi connectivity index (χ1n) is 6.17. The van der Waals surface area contributed by atoms with Crippen LogP contribution < -0.4 is 0 Å². The molecule has 0 aliphatic heterocycles. The van der Waals surface area contributed by atoms with Crippen LogP contribution in [0.1, 0.15) is 37.1 Å². The third-order valence-electron chi connectivity index (χ3n) is 2.68. The Hall–Kier alpha value is -0.430. The monoisotopic (exact) mass is 291 g/mol. The number of aliphatic hydroxyl groups excluding tert-OH is 1. The number of sulfonamides is 1. The molecule has 1 aromatic rings. The zero-order valence-electron chi connectivity index (χ0n) is 11.1. The van der Waals surface area contributed by atoms with Crippen molar-refractivity contribution in [2.45, 2.75) is 44.4 Å². The summed E-state index contributed by atoms with van der Waals surface area (Å²) in [7, 11) is -3.40. The highest BCUT2D eigenvalue weighted by molar-refractivity contribution is 7.91. The number of rotatable bonds is 7. The van der Waals surface area contributed by atoms with E-state index in [0.717, 1.165) is 23.3 Å². The molecule has 4 nitrogen and oxygen atoms in total. The Morgan fingerprint density at radius 2 is 1.83 bits per heavy atom. The van der Waals surface area contributed by atoms with Crippen LogP contribution in [0.5, 0.6) is 0 Å². The predicted octanol–water partition coefficient (Wildman–Crippen LogP) is 2.36. The van der Waals surface area contributed by atoms with Gasteiger partial charge in [-0.05, 0) is 31.4 Å². The first kappa shape index (κ1) is 15.6. The summed E-state index contributed by atoms with van der Waals surface area (Å²) >= 11 is 1.17. The molecular formula is C12H21NO3S2. The third-order valence-corrected chi connectivity index (χ3v) is 6.25. The third kappa shape index (κ3) is 3.32. The van der Waals surface area contributed by atoms with E-state index in [-0.39, 0.29) is 6.61 Å². The minimum atomic E-state index is -3.40. The van der Waals surface area contributed by atoms with E-state index in [1.165, 1.54) is 15.6 Å². The van der Waals surface area contributed by atoms with E-state index in [1.54, 1.807) is 6.07 Å². The highest BCUT2D eigenvalue weighted by Crippen LogP contribution is 2.28. The van der Waals surface area contributed by atoms with Crippen molar-refractivity contribution in [2.75, 3.05) is 13.1 Å². The summed E-state index contributed by atoms with van der Waals surface area (Å²) in [5.74, 6) is 0. The SMILES string of the molecule is CCCN(CCC)S(=O)(=O)c1cc(C)c(CO)s1. The Labute approximate surface area is 113 Å². The molecule has 0 amide bonds. The standard InChI is InChI=1S/C12H21NO3S2/c1-4-6-13(7-5-2)18(15,16)12-8-10(3)11(9-14)17-12/h8,14H,4-7,9H2,1-3H3. The fourth-order valence-electron chi connectivity index (χ4n) is 1.75. The second-order valence-electron chi connectivity index (χ2n) is 4.23. The van der Waals surface area contributed by atoms with Crippen LogP contribution in [-0.2, 0) is 16.6 Å². The minimum Gasteiger partial charge on any atom is -0.391 e. The van der Waals surface area contributed by atoms with E-state index in [9.17, 15) is 8.42 Å². The molecule has 0 fully saturated rings. The van der Waals surface area contributed by atoms with Crippen LogP contribution in [0.25, 0.3) is 0 Å². The molecule has 0 aromatic carbocycles. The molecule has 0 saturated carbocycles. The number of hydrogen-bond acceptors (Lipinski definition) is 4. The van der Waals surface area contributed by atoms with Crippen molar-refractivity contribution in [2.24, 2.45) is 0 Å². The molecule has 1 heterocycles. The summed E-state index contributed by atoms with van der Waals surface area (Å²) in [6, 6.07) is 1.66. The van der Waals surface area contributed by atoms with E-state index in [4.69, 9.17) is 5.11 Å². The van der Waals surface area contributed by atoms with E-state index >= 15 is 0 Å². The summed E-state index contributed by atoms with van der Waals surface area (Å²) < 4.78 is 26.8. The maximum absolute atomic E-state index is 12.4. The van der Waals surface area contributed by atoms with Gasteiger partial charge in [0.25, 0.3) is 10.0 Å². The van der Waals surface area contributed by atoms with Gasteiger partial charge in [0.15, 0.2) is 0 Å². The first-order chi connectivity index (χ1) is 8.47. The average molecular weight is 291 g/mol. The van der Waals surface area contributed by atoms with Crippen molar-refractivity contribution >= 4 is 21.4 Å². The van der Waals surface area contributed by atoms with Crippen LogP contribution >= 0.6 is 11.3 Å². The summed E-state index contributed by atoms with van der Waals surface area (Å²) in [6.45, 7) is 6.75. The second kappa shape index (κ2) is 6.65. The Balaban J connectivity index is 3.09. The van der Waals surface area contributed by atoms with Gasteiger partial charge in [-0.15, -0.1) is 11.3 Å². The lowest BCUT2D eigenvalue weighted by Gasteiger charge is -2.19. The molecule has 104 valence electrons. The molecule has 0 radical (unpaired) electrons. The number of nitrogens with zero attached hydrogens (tertiary/aromatic N) is 1. The molecule has 0 atom stereocenters. The predicted molar refractivity (Wildman–Crippen MR) is 74.3 cm³/mol. The van der Waals surface area contributed by atoms with Crippen LogP contribution in [-0.4, -0.2) is 30.9 Å². The van der Waals surface area contributed by atoms with E-state index in [2.05, 4.69) is 0 Å². The smallest absolute Gasteiger partial charge is 0.252 e. The van der Waals surface area contributed by atoms with Crippen molar-refractivity contribution in [1.82, 2.24) is 4.31 Å². The van der Waals surface area contributed by atoms with Gasteiger partial charge in [-0.25, -0.2) is 8.42 Å². The maximum Gasteiger partial charge on any atom is 0.252 e. The Kier molecular flexibility index (Phi) is 5.78. The quantitative estimate of drug-likeness (QED) is 0.839. The molecule has 18 heavy (non-hydrogen) atoms. The zero-order chi connectivity index (χ0) is 13.8. The van der Waals surface area contributed by atoms with Gasteiger partial charge in [0.05, 0.1) is 6.61 Å². The van der Waals surface area contributed by atoms with Crippen LogP contribution in [0, 0.1) is 6.92 Å². The lowest BCUT2D eigenvalue weighted by molar-refractivity contribution is 0.285. The molecule has 1 N–H and O–H groups in total. The fraction of sp³-hybridized carbons (Fsp3) is 0.667. The highest BCUT2D eigenvalue weighted by Gasteiger charge is 2.25. The summed E-state index contributed by atoms with van der Waals surface area (Å²) in [6.07, 6.45) is 1.60. The van der Waals surface area contributed by atoms with Crippen molar-refractivity contribution < 1.29 is 13.5 Å². The topological polar surface area (TPSA) is 57.6 Å². The first-order valence-corrected chi connectivity index (χ1v) is 8.43. The molecular weight excluding hydrogens is 270 g/mol. The molecule has 0 aliphatic rings. The highest BCUT2D eigenvalue weighted by atomic mass is 32.2. The Morgan fingerprint density at radius 1 is 1.28 bits per heavy atom. The zero-order valence-corrected chi connectivity index (χ0v) is 12.8. The molecule has 0 unspecified atom stereocenters. The van der Waals surface area contributed by atoms with Gasteiger partial charge < -0.3 is 5.11 Å². The molecule has 6 heteroatoms. The van der Waals surface area contributed by atoms with Crippen LogP contribution in [0.4, 0.5) is 0 Å². The summed E-state index contributed by atoms with van der Waals surface area (Å²) in [4.78, 5) is 0.724. The molecule has 0 saturated heterocycles.